The molecule has 2 aromatic heterocycles. The minimum atomic E-state index is -4.39. The first kappa shape index (κ1) is 14.4. The van der Waals surface area contributed by atoms with E-state index in [9.17, 15) is 13.2 Å². The van der Waals surface area contributed by atoms with E-state index < -0.39 is 11.2 Å². The van der Waals surface area contributed by atoms with Crippen LogP contribution in [-0.4, -0.2) is 16.5 Å². The van der Waals surface area contributed by atoms with Crippen LogP contribution in [0.15, 0.2) is 17.1 Å². The van der Waals surface area contributed by atoms with Crippen LogP contribution in [0.1, 0.15) is 35.0 Å². The normalized spacial score (nSPS) is 13.7. The number of halogens is 3. The second-order valence-corrected chi connectivity index (χ2v) is 5.65. The van der Waals surface area contributed by atoms with Gasteiger partial charge in [-0.25, -0.2) is 9.97 Å². The van der Waals surface area contributed by atoms with Gasteiger partial charge in [-0.05, 0) is 13.0 Å². The second kappa shape index (κ2) is 5.98. The maximum atomic E-state index is 12.6. The quantitative estimate of drug-likeness (QED) is 0.915. The summed E-state index contributed by atoms with van der Waals surface area (Å²) in [7, 11) is 0. The van der Waals surface area contributed by atoms with Crippen molar-refractivity contribution in [2.45, 2.75) is 25.6 Å². The van der Waals surface area contributed by atoms with Crippen LogP contribution >= 0.6 is 22.7 Å². The maximum Gasteiger partial charge on any atom is 0.443 e. The molecule has 0 aliphatic carbocycles. The Labute approximate surface area is 116 Å². The van der Waals surface area contributed by atoms with E-state index >= 15 is 0 Å². The molecule has 8 heteroatoms. The Balaban J connectivity index is 2.26. The number of rotatable bonds is 5. The van der Waals surface area contributed by atoms with Crippen molar-refractivity contribution in [1.29, 1.82) is 0 Å². The second-order valence-electron chi connectivity index (χ2n) is 3.87. The lowest BCUT2D eigenvalue weighted by atomic mass is 10.2. The molecule has 2 aromatic rings. The number of alkyl halides is 3. The summed E-state index contributed by atoms with van der Waals surface area (Å²) in [6.45, 7) is 2.71. The van der Waals surface area contributed by atoms with Gasteiger partial charge in [0, 0.05) is 16.5 Å². The Bertz CT molecular complexity index is 507. The van der Waals surface area contributed by atoms with Gasteiger partial charge in [-0.1, -0.05) is 6.92 Å². The first-order valence-corrected chi connectivity index (χ1v) is 7.42. The van der Waals surface area contributed by atoms with Crippen molar-refractivity contribution < 1.29 is 13.2 Å². The Hall–Kier alpha value is -0.990. The minimum Gasteiger partial charge on any atom is -0.304 e. The zero-order valence-corrected chi connectivity index (χ0v) is 11.7. The van der Waals surface area contributed by atoms with Crippen LogP contribution in [0.3, 0.4) is 0 Å². The Morgan fingerprint density at radius 1 is 1.37 bits per heavy atom. The van der Waals surface area contributed by atoms with E-state index in [-0.39, 0.29) is 6.04 Å². The van der Waals surface area contributed by atoms with Gasteiger partial charge in [0.2, 0.25) is 0 Å². The molecule has 0 saturated heterocycles. The number of aromatic nitrogens is 2. The molecule has 0 amide bonds. The fourth-order valence-corrected chi connectivity index (χ4v) is 3.01. The Morgan fingerprint density at radius 2 is 2.16 bits per heavy atom. The molecule has 19 heavy (non-hydrogen) atoms. The molecular formula is C11H12F3N3S2. The predicted molar refractivity (Wildman–Crippen MR) is 69.4 cm³/mol. The van der Waals surface area contributed by atoms with Crippen LogP contribution in [0.4, 0.5) is 13.2 Å². The summed E-state index contributed by atoms with van der Waals surface area (Å²) in [6, 6.07) is -0.320. The summed E-state index contributed by atoms with van der Waals surface area (Å²) in [5.74, 6) is 0. The van der Waals surface area contributed by atoms with Crippen molar-refractivity contribution in [3.05, 3.63) is 32.7 Å². The topological polar surface area (TPSA) is 37.8 Å². The molecule has 0 aliphatic heterocycles. The lowest BCUT2D eigenvalue weighted by Gasteiger charge is -2.14. The smallest absolute Gasteiger partial charge is 0.304 e. The lowest BCUT2D eigenvalue weighted by Crippen LogP contribution is -2.22. The maximum absolute atomic E-state index is 12.6. The SMILES string of the molecule is CCCNC(c1cscn1)c1cnc(C(F)(F)F)s1. The van der Waals surface area contributed by atoms with Gasteiger partial charge in [-0.2, -0.15) is 13.2 Å². The zero-order valence-electron chi connectivity index (χ0n) is 10.1. The molecular weight excluding hydrogens is 295 g/mol. The summed E-state index contributed by atoms with van der Waals surface area (Å²) < 4.78 is 37.7. The van der Waals surface area contributed by atoms with Gasteiger partial charge in [0.25, 0.3) is 0 Å². The molecule has 0 spiro atoms. The summed E-state index contributed by atoms with van der Waals surface area (Å²) in [5.41, 5.74) is 2.40. The molecule has 0 aromatic carbocycles. The fourth-order valence-electron chi connectivity index (χ4n) is 1.56. The van der Waals surface area contributed by atoms with Gasteiger partial charge in [0.15, 0.2) is 5.01 Å². The molecule has 104 valence electrons. The molecule has 0 bridgehead atoms. The van der Waals surface area contributed by atoms with Gasteiger partial charge < -0.3 is 5.32 Å². The minimum absolute atomic E-state index is 0.320. The number of thiazole rings is 2. The van der Waals surface area contributed by atoms with Crippen molar-refractivity contribution >= 4 is 22.7 Å². The molecule has 1 unspecified atom stereocenters. The number of nitrogens with zero attached hydrogens (tertiary/aromatic N) is 2. The van der Waals surface area contributed by atoms with Gasteiger partial charge in [0.1, 0.15) is 0 Å². The van der Waals surface area contributed by atoms with Crippen molar-refractivity contribution in [1.82, 2.24) is 15.3 Å². The molecule has 1 atom stereocenters. The van der Waals surface area contributed by atoms with Crippen LogP contribution in [0.25, 0.3) is 0 Å². The van der Waals surface area contributed by atoms with E-state index in [4.69, 9.17) is 0 Å². The highest BCUT2D eigenvalue weighted by Crippen LogP contribution is 2.35. The van der Waals surface area contributed by atoms with Gasteiger partial charge in [-0.3, -0.25) is 0 Å². The first-order valence-electron chi connectivity index (χ1n) is 5.66. The number of hydrogen-bond acceptors (Lipinski definition) is 5. The third-order valence-electron chi connectivity index (χ3n) is 2.40. The Kier molecular flexibility index (Phi) is 4.54. The molecule has 0 aliphatic rings. The summed E-state index contributed by atoms with van der Waals surface area (Å²) in [5, 5.41) is 4.22. The van der Waals surface area contributed by atoms with E-state index in [2.05, 4.69) is 15.3 Å². The van der Waals surface area contributed by atoms with E-state index in [0.717, 1.165) is 12.1 Å². The number of nitrogens with one attached hydrogen (secondary N) is 1. The van der Waals surface area contributed by atoms with Crippen LogP contribution in [0.5, 0.6) is 0 Å². The standard InChI is InChI=1S/C11H12F3N3S2/c1-2-3-15-9(7-5-18-6-17-7)8-4-16-10(19-8)11(12,13)14/h4-6,9,15H,2-3H2,1H3. The monoisotopic (exact) mass is 307 g/mol. The van der Waals surface area contributed by atoms with Crippen LogP contribution in [-0.2, 0) is 6.18 Å². The zero-order chi connectivity index (χ0) is 13.9. The molecule has 2 heterocycles. The fraction of sp³-hybridized carbons (Fsp3) is 0.455. The van der Waals surface area contributed by atoms with E-state index in [1.165, 1.54) is 17.5 Å². The molecule has 0 fully saturated rings. The van der Waals surface area contributed by atoms with Gasteiger partial charge in [0.05, 0.1) is 17.2 Å². The van der Waals surface area contributed by atoms with E-state index in [1.54, 1.807) is 5.51 Å². The average molecular weight is 307 g/mol. The van der Waals surface area contributed by atoms with E-state index in [1.807, 2.05) is 12.3 Å². The largest absolute Gasteiger partial charge is 0.443 e. The third-order valence-corrected chi connectivity index (χ3v) is 4.11. The predicted octanol–water partition coefficient (Wildman–Crippen LogP) is 3.71. The summed E-state index contributed by atoms with van der Waals surface area (Å²) in [4.78, 5) is 8.16. The molecule has 2 rings (SSSR count). The van der Waals surface area contributed by atoms with E-state index in [0.29, 0.717) is 22.8 Å². The van der Waals surface area contributed by atoms with Crippen molar-refractivity contribution in [2.75, 3.05) is 6.54 Å². The lowest BCUT2D eigenvalue weighted by molar-refractivity contribution is -0.137. The van der Waals surface area contributed by atoms with Crippen molar-refractivity contribution in [3.63, 3.8) is 0 Å². The van der Waals surface area contributed by atoms with Crippen molar-refractivity contribution in [3.8, 4) is 0 Å². The molecule has 0 radical (unpaired) electrons. The summed E-state index contributed by atoms with van der Waals surface area (Å²) >= 11 is 2.08. The highest BCUT2D eigenvalue weighted by Gasteiger charge is 2.35. The van der Waals surface area contributed by atoms with Crippen LogP contribution in [0, 0.1) is 0 Å². The first-order chi connectivity index (χ1) is 9.02. The van der Waals surface area contributed by atoms with Crippen LogP contribution in [0.2, 0.25) is 0 Å². The summed E-state index contributed by atoms with van der Waals surface area (Å²) in [6.07, 6.45) is -2.22. The van der Waals surface area contributed by atoms with Crippen LogP contribution < -0.4 is 5.32 Å². The highest BCUT2D eigenvalue weighted by molar-refractivity contribution is 7.11. The van der Waals surface area contributed by atoms with Crippen molar-refractivity contribution in [2.24, 2.45) is 0 Å². The Morgan fingerprint density at radius 3 is 2.68 bits per heavy atom. The third kappa shape index (κ3) is 3.52. The average Bonchev–Trinajstić information content (AvgIpc) is 2.99. The number of hydrogen-bond donors (Lipinski definition) is 1. The molecule has 1 N–H and O–H groups in total. The molecule has 3 nitrogen and oxygen atoms in total. The van der Waals surface area contributed by atoms with Gasteiger partial charge in [-0.15, -0.1) is 22.7 Å². The molecule has 0 saturated carbocycles. The van der Waals surface area contributed by atoms with Gasteiger partial charge >= 0.3 is 6.18 Å². The highest BCUT2D eigenvalue weighted by atomic mass is 32.1.